The lowest BCUT2D eigenvalue weighted by molar-refractivity contribution is 0.576. The molecule has 4 rings (SSSR count). The molecule has 0 spiro atoms. The molecule has 0 bridgehead atoms. The Morgan fingerprint density at radius 1 is 1.19 bits per heavy atom. The van der Waals surface area contributed by atoms with Gasteiger partial charge in [0, 0.05) is 36.3 Å². The van der Waals surface area contributed by atoms with Crippen LogP contribution in [0.5, 0.6) is 0 Å². The number of thioether (sulfide) groups is 1. The molecule has 0 saturated carbocycles. The van der Waals surface area contributed by atoms with Crippen molar-refractivity contribution in [2.45, 2.75) is 45.2 Å². The third-order valence-corrected chi connectivity index (χ3v) is 6.79. The Morgan fingerprint density at radius 3 is 2.58 bits per heavy atom. The second-order valence-electron chi connectivity index (χ2n) is 10.3. The quantitative estimate of drug-likeness (QED) is 0.0861. The lowest BCUT2D eigenvalue weighted by Crippen LogP contribution is -2.20. The van der Waals surface area contributed by atoms with Gasteiger partial charge in [0.2, 0.25) is 0 Å². The van der Waals surface area contributed by atoms with E-state index < -0.39 is 18.2 Å². The summed E-state index contributed by atoms with van der Waals surface area (Å²) in [6.07, 6.45) is 8.97. The van der Waals surface area contributed by atoms with Gasteiger partial charge in [0.1, 0.15) is 18.2 Å². The molecular weight excluding hydrogens is 592 g/mol. The first-order valence-corrected chi connectivity index (χ1v) is 16.1. The number of aromatic nitrogens is 3. The Hall–Kier alpha value is -3.25. The molecule has 2 aromatic carbocycles. The number of hydrogen-bond donors (Lipinski definition) is 4. The fourth-order valence-corrected chi connectivity index (χ4v) is 4.66. The van der Waals surface area contributed by atoms with Gasteiger partial charge in [0.25, 0.3) is 0 Å². The summed E-state index contributed by atoms with van der Waals surface area (Å²) in [5.74, 6) is -0.510. The number of rotatable bonds is 13. The van der Waals surface area contributed by atoms with Crippen LogP contribution in [-0.2, 0) is 13.0 Å². The van der Waals surface area contributed by atoms with Crippen molar-refractivity contribution in [1.82, 2.24) is 19.9 Å². The summed E-state index contributed by atoms with van der Waals surface area (Å²) in [5, 5.41) is 4.01. The summed E-state index contributed by atoms with van der Waals surface area (Å²) in [4.78, 5) is 24.0. The fraction of sp³-hybridized carbons (Fsp3) is 0.387. The molecule has 2 aromatic heterocycles. The summed E-state index contributed by atoms with van der Waals surface area (Å²) in [7, 11) is 0. The van der Waals surface area contributed by atoms with E-state index in [1.807, 2.05) is 43.7 Å². The van der Waals surface area contributed by atoms with Crippen LogP contribution in [-0.4, -0.2) is 58.7 Å². The number of aliphatic imine (C=N–C) groups is 1. The van der Waals surface area contributed by atoms with E-state index in [4.69, 9.17) is 23.1 Å². The fourth-order valence-electron chi connectivity index (χ4n) is 4.41. The minimum absolute atomic E-state index is 0.0175. The molecule has 43 heavy (non-hydrogen) atoms. The predicted octanol–water partition coefficient (Wildman–Crippen LogP) is 5.63. The number of fused-ring (bicyclic) bond motifs is 1. The maximum absolute atomic E-state index is 15.0. The average molecular weight is 632 g/mol. The van der Waals surface area contributed by atoms with Gasteiger partial charge in [-0.25, -0.2) is 13.6 Å². The third kappa shape index (κ3) is 10.2. The monoisotopic (exact) mass is 631 g/mol. The first-order chi connectivity index (χ1) is 20.7. The molecule has 0 aliphatic carbocycles. The Labute approximate surface area is 260 Å². The van der Waals surface area contributed by atoms with Gasteiger partial charge in [-0.3, -0.25) is 9.56 Å². The molecule has 232 valence electrons. The third-order valence-electron chi connectivity index (χ3n) is 6.52. The first-order valence-electron chi connectivity index (χ1n) is 14.1. The van der Waals surface area contributed by atoms with E-state index in [-0.39, 0.29) is 16.9 Å². The molecule has 2 heterocycles. The van der Waals surface area contributed by atoms with E-state index in [0.29, 0.717) is 47.6 Å². The minimum Gasteiger partial charge on any atom is -0.385 e. The molecule has 4 aromatic rings. The SMILES string of the molecule is CC(N)CCCc1cc(Cl)c(F)c(-c2cc3cn(-c4ccc(CNCCCN=C(N)CF)cc4)c(=O)nc3[nH]2)c1.CSC. The highest BCUT2D eigenvalue weighted by Gasteiger charge is 2.15. The topological polar surface area (TPSA) is 127 Å². The molecule has 6 N–H and O–H groups in total. The Morgan fingerprint density at radius 2 is 1.91 bits per heavy atom. The summed E-state index contributed by atoms with van der Waals surface area (Å²) in [5.41, 5.74) is 14.5. The van der Waals surface area contributed by atoms with Crippen molar-refractivity contribution in [3.8, 4) is 16.9 Å². The van der Waals surface area contributed by atoms with Gasteiger partial charge in [-0.05, 0) is 93.1 Å². The van der Waals surface area contributed by atoms with Crippen LogP contribution in [0, 0.1) is 5.82 Å². The molecule has 1 atom stereocenters. The van der Waals surface area contributed by atoms with Crippen LogP contribution >= 0.6 is 23.4 Å². The summed E-state index contributed by atoms with van der Waals surface area (Å²) >= 11 is 7.96. The lowest BCUT2D eigenvalue weighted by Gasteiger charge is -2.09. The van der Waals surface area contributed by atoms with Crippen molar-refractivity contribution in [2.24, 2.45) is 16.5 Å². The number of halogens is 3. The number of alkyl halides is 1. The maximum atomic E-state index is 15.0. The van der Waals surface area contributed by atoms with Crippen molar-refractivity contribution in [2.75, 3.05) is 32.3 Å². The second-order valence-corrected chi connectivity index (χ2v) is 11.5. The molecule has 0 fully saturated rings. The van der Waals surface area contributed by atoms with Gasteiger partial charge in [-0.1, -0.05) is 23.7 Å². The largest absolute Gasteiger partial charge is 0.385 e. The molecule has 12 heteroatoms. The standard InChI is InChI=1S/C29H34ClF2N7O.C2H6S/c1-18(33)4-2-5-20-12-23(27(32)24(30)13-20)25-14-21-17-39(29(40)38-28(21)37-25)22-8-6-19(7-9-22)16-35-10-3-11-36-26(34)15-31;1-3-2/h6-9,12-14,17-18,35H,2-5,10-11,15-16,33H2,1H3,(H2,34,36)(H,37,38,40);1-2H3. The zero-order valence-electron chi connectivity index (χ0n) is 24.8. The van der Waals surface area contributed by atoms with Crippen LogP contribution < -0.4 is 22.5 Å². The zero-order valence-corrected chi connectivity index (χ0v) is 26.4. The first kappa shape index (κ1) is 34.2. The molecular formula is C31H40ClF2N7OS. The van der Waals surface area contributed by atoms with Gasteiger partial charge < -0.3 is 21.8 Å². The van der Waals surface area contributed by atoms with Crippen LogP contribution in [0.15, 0.2) is 58.4 Å². The summed E-state index contributed by atoms with van der Waals surface area (Å²) in [6, 6.07) is 12.8. The van der Waals surface area contributed by atoms with Crippen LogP contribution in [0.1, 0.15) is 37.3 Å². The number of nitrogens with zero attached hydrogens (tertiary/aromatic N) is 3. The smallest absolute Gasteiger partial charge is 0.354 e. The van der Waals surface area contributed by atoms with Crippen molar-refractivity contribution < 1.29 is 8.78 Å². The van der Waals surface area contributed by atoms with Crippen molar-refractivity contribution in [1.29, 1.82) is 0 Å². The normalized spacial score (nSPS) is 12.3. The van der Waals surface area contributed by atoms with Gasteiger partial charge in [0.05, 0.1) is 16.4 Å². The molecule has 0 aliphatic heterocycles. The number of amidine groups is 1. The number of hydrogen-bond acceptors (Lipinski definition) is 6. The molecule has 0 aliphatic rings. The zero-order chi connectivity index (χ0) is 31.4. The van der Waals surface area contributed by atoms with E-state index in [2.05, 4.69) is 20.3 Å². The highest BCUT2D eigenvalue weighted by atomic mass is 35.5. The van der Waals surface area contributed by atoms with Crippen LogP contribution in [0.4, 0.5) is 8.78 Å². The molecule has 0 saturated heterocycles. The van der Waals surface area contributed by atoms with E-state index in [9.17, 15) is 9.18 Å². The van der Waals surface area contributed by atoms with E-state index in [0.717, 1.165) is 36.8 Å². The number of aryl methyl sites for hydroxylation is 1. The molecule has 8 nitrogen and oxygen atoms in total. The van der Waals surface area contributed by atoms with E-state index in [1.165, 1.54) is 4.57 Å². The maximum Gasteiger partial charge on any atom is 0.354 e. The lowest BCUT2D eigenvalue weighted by atomic mass is 10.0. The van der Waals surface area contributed by atoms with E-state index in [1.54, 1.807) is 36.2 Å². The predicted molar refractivity (Wildman–Crippen MR) is 177 cm³/mol. The number of benzene rings is 2. The Bertz CT molecular complexity index is 1550. The number of nitrogens with one attached hydrogen (secondary N) is 2. The van der Waals surface area contributed by atoms with Crippen molar-refractivity contribution in [3.05, 3.63) is 81.1 Å². The van der Waals surface area contributed by atoms with E-state index >= 15 is 4.39 Å². The second kappa shape index (κ2) is 17.1. The minimum atomic E-state index is -0.729. The number of aromatic amines is 1. The summed E-state index contributed by atoms with van der Waals surface area (Å²) < 4.78 is 28.8. The van der Waals surface area contributed by atoms with Crippen molar-refractivity contribution >= 4 is 40.2 Å². The highest BCUT2D eigenvalue weighted by molar-refractivity contribution is 7.97. The molecule has 0 radical (unpaired) electrons. The van der Waals surface area contributed by atoms with Crippen LogP contribution in [0.3, 0.4) is 0 Å². The number of nitrogens with two attached hydrogens (primary N) is 2. The van der Waals surface area contributed by atoms with Gasteiger partial charge in [-0.15, -0.1) is 0 Å². The highest BCUT2D eigenvalue weighted by Crippen LogP contribution is 2.31. The molecule has 0 amide bonds. The van der Waals surface area contributed by atoms with Gasteiger partial charge in [-0.2, -0.15) is 16.7 Å². The number of H-pyrrole nitrogens is 1. The summed E-state index contributed by atoms with van der Waals surface area (Å²) in [6.45, 7) is 3.04. The average Bonchev–Trinajstić information content (AvgIpc) is 3.39. The van der Waals surface area contributed by atoms with Crippen LogP contribution in [0.2, 0.25) is 5.02 Å². The molecule has 1 unspecified atom stereocenters. The van der Waals surface area contributed by atoms with Gasteiger partial charge >= 0.3 is 5.69 Å². The van der Waals surface area contributed by atoms with Crippen molar-refractivity contribution in [3.63, 3.8) is 0 Å². The van der Waals surface area contributed by atoms with Crippen LogP contribution in [0.25, 0.3) is 28.0 Å². The van der Waals surface area contributed by atoms with Gasteiger partial charge in [0.15, 0.2) is 5.82 Å². The Balaban J connectivity index is 0.00000162. The Kier molecular flexibility index (Phi) is 13.7.